The lowest BCUT2D eigenvalue weighted by molar-refractivity contribution is 0.207. The van der Waals surface area contributed by atoms with E-state index in [1.807, 2.05) is 24.3 Å². The molecule has 1 aliphatic carbocycles. The highest BCUT2D eigenvalue weighted by molar-refractivity contribution is 7.15. The number of carbonyl (C=O) groups excluding carboxylic acids is 2. The molecule has 1 fully saturated rings. The van der Waals surface area contributed by atoms with Crippen molar-refractivity contribution in [3.63, 3.8) is 0 Å². The van der Waals surface area contributed by atoms with E-state index in [0.717, 1.165) is 47.7 Å². The van der Waals surface area contributed by atoms with Crippen LogP contribution in [0, 0.1) is 0 Å². The van der Waals surface area contributed by atoms with Gasteiger partial charge >= 0.3 is 12.1 Å². The minimum absolute atomic E-state index is 0.141. The number of ether oxygens (including phenoxy) is 1. The van der Waals surface area contributed by atoms with Crippen LogP contribution in [0.25, 0.3) is 0 Å². The fraction of sp³-hybridized carbons (Fsp3) is 0.522. The number of anilines is 2. The molecule has 1 aliphatic heterocycles. The van der Waals surface area contributed by atoms with Gasteiger partial charge in [0, 0.05) is 29.6 Å². The third-order valence-corrected chi connectivity index (χ3v) is 6.80. The Labute approximate surface area is 192 Å². The van der Waals surface area contributed by atoms with Crippen LogP contribution < -0.4 is 20.7 Å². The SMILES string of the molecule is CCCCOc1ccc(NC(=O)N2CCc3nc(NC(=O)NC4CCCC4)sc3C2)cc1. The van der Waals surface area contributed by atoms with Crippen LogP contribution in [0.4, 0.5) is 20.4 Å². The second-order valence-electron chi connectivity index (χ2n) is 8.30. The fourth-order valence-corrected chi connectivity index (χ4v) is 5.00. The number of hydrogen-bond donors (Lipinski definition) is 3. The molecule has 0 saturated heterocycles. The maximum absolute atomic E-state index is 12.7. The van der Waals surface area contributed by atoms with E-state index in [9.17, 15) is 9.59 Å². The molecule has 0 bridgehead atoms. The summed E-state index contributed by atoms with van der Waals surface area (Å²) in [5.74, 6) is 0.806. The molecule has 1 saturated carbocycles. The van der Waals surface area contributed by atoms with Crippen LogP contribution in [-0.4, -0.2) is 41.1 Å². The number of carbonyl (C=O) groups is 2. The molecule has 0 radical (unpaired) electrons. The number of amides is 4. The fourth-order valence-electron chi connectivity index (χ4n) is 3.98. The molecule has 1 aromatic carbocycles. The van der Waals surface area contributed by atoms with Gasteiger partial charge in [0.15, 0.2) is 5.13 Å². The van der Waals surface area contributed by atoms with Gasteiger partial charge in [0.25, 0.3) is 0 Å². The molecule has 9 heteroatoms. The van der Waals surface area contributed by atoms with Gasteiger partial charge in [-0.15, -0.1) is 0 Å². The van der Waals surface area contributed by atoms with Crippen molar-refractivity contribution in [2.45, 2.75) is 64.5 Å². The maximum atomic E-state index is 12.7. The van der Waals surface area contributed by atoms with Gasteiger partial charge in [0.2, 0.25) is 0 Å². The second-order valence-corrected chi connectivity index (χ2v) is 9.38. The molecule has 4 rings (SSSR count). The molecule has 3 N–H and O–H groups in total. The van der Waals surface area contributed by atoms with Crippen LogP contribution in [0.2, 0.25) is 0 Å². The number of fused-ring (bicyclic) bond motifs is 1. The number of thiazole rings is 1. The Morgan fingerprint density at radius 2 is 1.97 bits per heavy atom. The summed E-state index contributed by atoms with van der Waals surface area (Å²) in [6.07, 6.45) is 7.22. The molecule has 4 amide bonds. The predicted octanol–water partition coefficient (Wildman–Crippen LogP) is 4.98. The van der Waals surface area contributed by atoms with Gasteiger partial charge in [-0.1, -0.05) is 37.5 Å². The minimum Gasteiger partial charge on any atom is -0.494 e. The number of nitrogens with one attached hydrogen (secondary N) is 3. The number of unbranched alkanes of at least 4 members (excludes halogenated alkanes) is 1. The molecular formula is C23H31N5O3S. The van der Waals surface area contributed by atoms with Gasteiger partial charge in [-0.2, -0.15) is 0 Å². The number of urea groups is 2. The Morgan fingerprint density at radius 1 is 1.19 bits per heavy atom. The number of nitrogens with zero attached hydrogens (tertiary/aromatic N) is 2. The van der Waals surface area contributed by atoms with E-state index in [1.54, 1.807) is 4.90 Å². The van der Waals surface area contributed by atoms with Gasteiger partial charge in [0.1, 0.15) is 5.75 Å². The van der Waals surface area contributed by atoms with Crippen LogP contribution in [0.3, 0.4) is 0 Å². The first-order chi connectivity index (χ1) is 15.6. The van der Waals surface area contributed by atoms with Crippen molar-refractivity contribution in [1.29, 1.82) is 0 Å². The summed E-state index contributed by atoms with van der Waals surface area (Å²) in [5.41, 5.74) is 1.70. The first-order valence-corrected chi connectivity index (χ1v) is 12.3. The first-order valence-electron chi connectivity index (χ1n) is 11.5. The van der Waals surface area contributed by atoms with E-state index in [4.69, 9.17) is 4.74 Å². The zero-order chi connectivity index (χ0) is 22.3. The molecule has 0 unspecified atom stereocenters. The third-order valence-electron chi connectivity index (χ3n) is 5.80. The quantitative estimate of drug-likeness (QED) is 0.511. The van der Waals surface area contributed by atoms with Crippen molar-refractivity contribution >= 4 is 34.2 Å². The highest BCUT2D eigenvalue weighted by Gasteiger charge is 2.25. The predicted molar refractivity (Wildman–Crippen MR) is 127 cm³/mol. The van der Waals surface area contributed by atoms with Gasteiger partial charge in [-0.25, -0.2) is 14.6 Å². The highest BCUT2D eigenvalue weighted by Crippen LogP contribution is 2.29. The van der Waals surface area contributed by atoms with Crippen molar-refractivity contribution in [1.82, 2.24) is 15.2 Å². The number of aromatic nitrogens is 1. The number of hydrogen-bond acceptors (Lipinski definition) is 5. The zero-order valence-corrected chi connectivity index (χ0v) is 19.3. The largest absolute Gasteiger partial charge is 0.494 e. The summed E-state index contributed by atoms with van der Waals surface area (Å²) < 4.78 is 5.67. The Bertz CT molecular complexity index is 924. The smallest absolute Gasteiger partial charge is 0.322 e. The molecular weight excluding hydrogens is 426 g/mol. The Kier molecular flexibility index (Phi) is 7.47. The van der Waals surface area contributed by atoms with Crippen LogP contribution in [0.15, 0.2) is 24.3 Å². The van der Waals surface area contributed by atoms with Crippen LogP contribution in [0.1, 0.15) is 56.0 Å². The van der Waals surface area contributed by atoms with E-state index < -0.39 is 0 Å². The number of benzene rings is 1. The lowest BCUT2D eigenvalue weighted by Crippen LogP contribution is -2.38. The summed E-state index contributed by atoms with van der Waals surface area (Å²) in [6.45, 7) is 3.91. The van der Waals surface area contributed by atoms with Crippen molar-refractivity contribution < 1.29 is 14.3 Å². The molecule has 8 nitrogen and oxygen atoms in total. The summed E-state index contributed by atoms with van der Waals surface area (Å²) >= 11 is 1.44. The zero-order valence-electron chi connectivity index (χ0n) is 18.5. The lowest BCUT2D eigenvalue weighted by Gasteiger charge is -2.26. The first kappa shape index (κ1) is 22.4. The Hall–Kier alpha value is -2.81. The molecule has 172 valence electrons. The third kappa shape index (κ3) is 5.91. The lowest BCUT2D eigenvalue weighted by atomic mass is 10.2. The topological polar surface area (TPSA) is 95.6 Å². The summed E-state index contributed by atoms with van der Waals surface area (Å²) in [5, 5.41) is 9.41. The van der Waals surface area contributed by atoms with E-state index in [1.165, 1.54) is 24.2 Å². The van der Waals surface area contributed by atoms with Crippen molar-refractivity contribution in [3.8, 4) is 5.75 Å². The average molecular weight is 458 g/mol. The Balaban J connectivity index is 1.28. The standard InChI is InChI=1S/C23H31N5O3S/c1-2-3-14-31-18-10-8-17(9-11-18)25-23(30)28-13-12-19-20(15-28)32-22(26-19)27-21(29)24-16-6-4-5-7-16/h8-11,16H,2-7,12-15H2,1H3,(H,25,30)(H2,24,26,27,29). The molecule has 2 aliphatic rings. The average Bonchev–Trinajstić information content (AvgIpc) is 3.43. The van der Waals surface area contributed by atoms with E-state index in [0.29, 0.717) is 31.2 Å². The monoisotopic (exact) mass is 457 g/mol. The minimum atomic E-state index is -0.195. The van der Waals surface area contributed by atoms with Gasteiger partial charge in [-0.3, -0.25) is 5.32 Å². The summed E-state index contributed by atoms with van der Waals surface area (Å²) in [7, 11) is 0. The van der Waals surface area contributed by atoms with Gasteiger partial charge in [-0.05, 0) is 43.5 Å². The number of rotatable bonds is 7. The van der Waals surface area contributed by atoms with Crippen molar-refractivity contribution in [2.24, 2.45) is 0 Å². The van der Waals surface area contributed by atoms with Gasteiger partial charge in [0.05, 0.1) is 18.8 Å². The highest BCUT2D eigenvalue weighted by atomic mass is 32.1. The van der Waals surface area contributed by atoms with Crippen LogP contribution in [-0.2, 0) is 13.0 Å². The van der Waals surface area contributed by atoms with Gasteiger partial charge < -0.3 is 20.3 Å². The van der Waals surface area contributed by atoms with Crippen LogP contribution >= 0.6 is 11.3 Å². The van der Waals surface area contributed by atoms with Crippen molar-refractivity contribution in [2.75, 3.05) is 23.8 Å². The summed E-state index contributed by atoms with van der Waals surface area (Å²) in [6, 6.07) is 7.38. The van der Waals surface area contributed by atoms with Crippen molar-refractivity contribution in [3.05, 3.63) is 34.8 Å². The maximum Gasteiger partial charge on any atom is 0.322 e. The van der Waals surface area contributed by atoms with E-state index >= 15 is 0 Å². The molecule has 2 heterocycles. The van der Waals surface area contributed by atoms with E-state index in [-0.39, 0.29) is 18.1 Å². The van der Waals surface area contributed by atoms with Crippen LogP contribution in [0.5, 0.6) is 5.75 Å². The normalized spacial score (nSPS) is 15.8. The molecule has 2 aromatic rings. The molecule has 1 aromatic heterocycles. The molecule has 0 atom stereocenters. The Morgan fingerprint density at radius 3 is 2.72 bits per heavy atom. The summed E-state index contributed by atoms with van der Waals surface area (Å²) in [4.78, 5) is 32.3. The molecule has 32 heavy (non-hydrogen) atoms. The van der Waals surface area contributed by atoms with E-state index in [2.05, 4.69) is 27.9 Å². The second kappa shape index (κ2) is 10.7. The molecule has 0 spiro atoms.